The fourth-order valence-electron chi connectivity index (χ4n) is 3.42. The zero-order chi connectivity index (χ0) is 18.0. The number of fused-ring (bicyclic) bond motifs is 1. The van der Waals surface area contributed by atoms with Crippen molar-refractivity contribution in [3.05, 3.63) is 57.3 Å². The van der Waals surface area contributed by atoms with E-state index in [0.29, 0.717) is 5.69 Å². The van der Waals surface area contributed by atoms with Crippen molar-refractivity contribution < 1.29 is 9.53 Å². The van der Waals surface area contributed by atoms with Crippen molar-refractivity contribution in [1.29, 1.82) is 0 Å². The fraction of sp³-hybridized carbons (Fsp3) is 0.421. The summed E-state index contributed by atoms with van der Waals surface area (Å²) < 4.78 is 6.68. The van der Waals surface area contributed by atoms with E-state index in [4.69, 9.17) is 4.74 Å². The maximum Gasteiger partial charge on any atom is 0.348 e. The summed E-state index contributed by atoms with van der Waals surface area (Å²) in [4.78, 5) is 28.4. The minimum absolute atomic E-state index is 0.0140. The van der Waals surface area contributed by atoms with E-state index in [1.807, 2.05) is 25.1 Å². The molecular weight excluding hydrogens is 318 g/mol. The number of benzene rings is 1. The molecule has 0 radical (unpaired) electrons. The summed E-state index contributed by atoms with van der Waals surface area (Å²) in [6.45, 7) is 3.57. The Kier molecular flexibility index (Phi) is 4.88. The summed E-state index contributed by atoms with van der Waals surface area (Å²) >= 11 is 0. The van der Waals surface area contributed by atoms with Gasteiger partial charge in [0.05, 0.1) is 13.2 Å². The molecule has 0 fully saturated rings. The van der Waals surface area contributed by atoms with Crippen LogP contribution in [-0.4, -0.2) is 22.6 Å². The molecule has 1 N–H and O–H groups in total. The number of methoxy groups -OCH3 is 1. The minimum atomic E-state index is -0.388. The topological polar surface area (TPSA) is 73.2 Å². The minimum Gasteiger partial charge on any atom is -0.497 e. The largest absolute Gasteiger partial charge is 0.497 e. The van der Waals surface area contributed by atoms with Crippen molar-refractivity contribution in [3.63, 3.8) is 0 Å². The predicted molar refractivity (Wildman–Crippen MR) is 94.8 cm³/mol. The number of ether oxygens (including phenoxy) is 1. The number of hydrogen-bond donors (Lipinski definition) is 1. The van der Waals surface area contributed by atoms with Crippen LogP contribution in [0.5, 0.6) is 5.75 Å². The molecule has 0 saturated carbocycles. The average Bonchev–Trinajstić information content (AvgIpc) is 2.58. The highest BCUT2D eigenvalue weighted by atomic mass is 16.5. The van der Waals surface area contributed by atoms with Crippen LogP contribution in [0, 0.1) is 13.8 Å². The van der Waals surface area contributed by atoms with Crippen LogP contribution in [0.2, 0.25) is 0 Å². The van der Waals surface area contributed by atoms with E-state index >= 15 is 0 Å². The van der Waals surface area contributed by atoms with Gasteiger partial charge in [0.1, 0.15) is 12.3 Å². The second kappa shape index (κ2) is 7.09. The molecule has 132 valence electrons. The second-order valence-electron chi connectivity index (χ2n) is 6.48. The highest BCUT2D eigenvalue weighted by Crippen LogP contribution is 2.32. The van der Waals surface area contributed by atoms with Crippen molar-refractivity contribution in [2.75, 3.05) is 7.11 Å². The summed E-state index contributed by atoms with van der Waals surface area (Å²) in [5.74, 6) is 0.656. The SMILES string of the molecule is COc1ccc2c(c1)CCC[C@H]2NC(=O)Cn1c(C)cc(C)nc1=O. The molecule has 3 rings (SSSR count). The first-order valence-corrected chi connectivity index (χ1v) is 8.49. The Hall–Kier alpha value is -2.63. The van der Waals surface area contributed by atoms with Crippen LogP contribution in [0.1, 0.15) is 41.4 Å². The molecule has 1 aromatic carbocycles. The van der Waals surface area contributed by atoms with Gasteiger partial charge in [-0.1, -0.05) is 6.07 Å². The molecule has 1 heterocycles. The van der Waals surface area contributed by atoms with Gasteiger partial charge in [0.15, 0.2) is 0 Å². The quantitative estimate of drug-likeness (QED) is 0.924. The lowest BCUT2D eigenvalue weighted by atomic mass is 9.87. The standard InChI is InChI=1S/C19H23N3O3/c1-12-9-13(2)22(19(24)20-12)11-18(23)21-17-6-4-5-14-10-15(25-3)7-8-16(14)17/h7-10,17H,4-6,11H2,1-3H3,(H,21,23)/t17-/m1/s1. The number of amides is 1. The van der Waals surface area contributed by atoms with E-state index in [-0.39, 0.29) is 24.2 Å². The molecule has 1 amide bonds. The van der Waals surface area contributed by atoms with Gasteiger partial charge in [-0.05, 0) is 62.4 Å². The number of carbonyl (C=O) groups is 1. The van der Waals surface area contributed by atoms with E-state index in [2.05, 4.69) is 10.3 Å². The van der Waals surface area contributed by atoms with Gasteiger partial charge < -0.3 is 10.1 Å². The van der Waals surface area contributed by atoms with Gasteiger partial charge in [-0.3, -0.25) is 9.36 Å². The van der Waals surface area contributed by atoms with Crippen LogP contribution >= 0.6 is 0 Å². The molecule has 6 heteroatoms. The smallest absolute Gasteiger partial charge is 0.348 e. The molecule has 1 aliphatic rings. The summed E-state index contributed by atoms with van der Waals surface area (Å²) in [6.07, 6.45) is 2.89. The fourth-order valence-corrected chi connectivity index (χ4v) is 3.42. The number of aryl methyl sites for hydroxylation is 3. The number of rotatable bonds is 4. The Bertz CT molecular complexity index is 857. The highest BCUT2D eigenvalue weighted by molar-refractivity contribution is 5.76. The molecular formula is C19H23N3O3. The lowest BCUT2D eigenvalue weighted by molar-refractivity contribution is -0.122. The Morgan fingerprint density at radius 1 is 1.36 bits per heavy atom. The van der Waals surface area contributed by atoms with Crippen LogP contribution in [-0.2, 0) is 17.8 Å². The van der Waals surface area contributed by atoms with Crippen molar-refractivity contribution in [1.82, 2.24) is 14.9 Å². The summed E-state index contributed by atoms with van der Waals surface area (Å²) in [5.41, 5.74) is 3.35. The number of nitrogens with one attached hydrogen (secondary N) is 1. The Balaban J connectivity index is 1.76. The van der Waals surface area contributed by atoms with Crippen molar-refractivity contribution >= 4 is 5.91 Å². The molecule has 6 nitrogen and oxygen atoms in total. The maximum atomic E-state index is 12.5. The van der Waals surface area contributed by atoms with Gasteiger partial charge >= 0.3 is 5.69 Å². The summed E-state index contributed by atoms with van der Waals surface area (Å²) in [6, 6.07) is 7.74. The molecule has 0 bridgehead atoms. The van der Waals surface area contributed by atoms with Crippen molar-refractivity contribution in [3.8, 4) is 5.75 Å². The lowest BCUT2D eigenvalue weighted by Gasteiger charge is -2.27. The Morgan fingerprint density at radius 2 is 2.16 bits per heavy atom. The van der Waals surface area contributed by atoms with Crippen molar-refractivity contribution in [2.24, 2.45) is 0 Å². The van der Waals surface area contributed by atoms with Crippen LogP contribution in [0.15, 0.2) is 29.1 Å². The van der Waals surface area contributed by atoms with Gasteiger partial charge in [-0.15, -0.1) is 0 Å². The number of aromatic nitrogens is 2. The molecule has 25 heavy (non-hydrogen) atoms. The molecule has 1 aliphatic carbocycles. The maximum absolute atomic E-state index is 12.5. The first-order chi connectivity index (χ1) is 12.0. The second-order valence-corrected chi connectivity index (χ2v) is 6.48. The van der Waals surface area contributed by atoms with Crippen LogP contribution in [0.3, 0.4) is 0 Å². The average molecular weight is 341 g/mol. The van der Waals surface area contributed by atoms with Crippen LogP contribution in [0.25, 0.3) is 0 Å². The number of nitrogens with zero attached hydrogens (tertiary/aromatic N) is 2. The van der Waals surface area contributed by atoms with Crippen molar-refractivity contribution in [2.45, 2.75) is 45.7 Å². The summed E-state index contributed by atoms with van der Waals surface area (Å²) in [7, 11) is 1.65. The van der Waals surface area contributed by atoms with Gasteiger partial charge in [0, 0.05) is 11.4 Å². The zero-order valence-corrected chi connectivity index (χ0v) is 14.8. The van der Waals surface area contributed by atoms with E-state index < -0.39 is 0 Å². The van der Waals surface area contributed by atoms with Crippen LogP contribution in [0.4, 0.5) is 0 Å². The van der Waals surface area contributed by atoms with Gasteiger partial charge in [-0.25, -0.2) is 4.79 Å². The van der Waals surface area contributed by atoms with Gasteiger partial charge in [0.2, 0.25) is 5.91 Å². The highest BCUT2D eigenvalue weighted by Gasteiger charge is 2.22. The van der Waals surface area contributed by atoms with Gasteiger partial charge in [0.25, 0.3) is 0 Å². The predicted octanol–water partition coefficient (Wildman–Crippen LogP) is 2.06. The zero-order valence-electron chi connectivity index (χ0n) is 14.8. The third-order valence-electron chi connectivity index (χ3n) is 4.65. The monoisotopic (exact) mass is 341 g/mol. The third kappa shape index (κ3) is 3.73. The van der Waals surface area contributed by atoms with E-state index in [1.165, 1.54) is 10.1 Å². The molecule has 0 saturated heterocycles. The first kappa shape index (κ1) is 17.2. The van der Waals surface area contributed by atoms with Crippen LogP contribution < -0.4 is 15.7 Å². The molecule has 0 unspecified atom stereocenters. The van der Waals surface area contributed by atoms with E-state index in [9.17, 15) is 9.59 Å². The summed E-state index contributed by atoms with van der Waals surface area (Å²) in [5, 5.41) is 3.06. The number of carbonyl (C=O) groups excluding carboxylic acids is 1. The Morgan fingerprint density at radius 3 is 2.88 bits per heavy atom. The molecule has 1 aromatic heterocycles. The molecule has 0 spiro atoms. The molecule has 0 aliphatic heterocycles. The molecule has 2 aromatic rings. The molecule has 1 atom stereocenters. The number of hydrogen-bond acceptors (Lipinski definition) is 4. The van der Waals surface area contributed by atoms with E-state index in [0.717, 1.165) is 36.3 Å². The third-order valence-corrected chi connectivity index (χ3v) is 4.65. The normalized spacial score (nSPS) is 16.2. The Labute approximate surface area is 146 Å². The van der Waals surface area contributed by atoms with E-state index in [1.54, 1.807) is 20.1 Å². The first-order valence-electron chi connectivity index (χ1n) is 8.49. The van der Waals surface area contributed by atoms with Gasteiger partial charge in [-0.2, -0.15) is 4.98 Å². The lowest BCUT2D eigenvalue weighted by Crippen LogP contribution is -2.37.